The van der Waals surface area contributed by atoms with Crippen LogP contribution in [0.15, 0.2) is 54.6 Å². The van der Waals surface area contributed by atoms with E-state index >= 15 is 0 Å². The van der Waals surface area contributed by atoms with E-state index in [1.54, 1.807) is 43.2 Å². The van der Waals surface area contributed by atoms with Gasteiger partial charge in [-0.25, -0.2) is 9.80 Å². The number of imide groups is 1. The van der Waals surface area contributed by atoms with Gasteiger partial charge in [0.1, 0.15) is 11.9 Å². The molecule has 0 spiro atoms. The van der Waals surface area contributed by atoms with Crippen LogP contribution in [0.2, 0.25) is 0 Å². The Balaban J connectivity index is 1.81. The maximum absolute atomic E-state index is 13.1. The normalized spacial score (nSPS) is 22.0. The lowest BCUT2D eigenvalue weighted by atomic mass is 9.95. The first kappa shape index (κ1) is 20.8. The number of carbonyl (C=O) groups excluding carboxylic acids is 2. The van der Waals surface area contributed by atoms with Crippen LogP contribution in [0.3, 0.4) is 0 Å². The minimum Gasteiger partial charge on any atom is -0.496 e. The zero-order valence-corrected chi connectivity index (χ0v) is 17.0. The highest BCUT2D eigenvalue weighted by Crippen LogP contribution is 2.34. The van der Waals surface area contributed by atoms with Crippen LogP contribution >= 0.6 is 0 Å². The number of carbonyl (C=O) groups is 2. The minimum atomic E-state index is -1.14. The number of hydrogen-bond acceptors (Lipinski definition) is 6. The fourth-order valence-corrected chi connectivity index (χ4v) is 3.51. The number of ether oxygens (including phenoxy) is 2. The quantitative estimate of drug-likeness (QED) is 0.832. The number of benzene rings is 2. The van der Waals surface area contributed by atoms with E-state index in [4.69, 9.17) is 9.47 Å². The molecular weight excluding hydrogens is 372 g/mol. The second-order valence-electron chi connectivity index (χ2n) is 7.15. The molecule has 1 aliphatic rings. The summed E-state index contributed by atoms with van der Waals surface area (Å²) in [4.78, 5) is 25.8. The third-order valence-electron chi connectivity index (χ3n) is 5.40. The maximum atomic E-state index is 13.1. The number of likely N-dealkylation sites (N-methyl/N-ethyl adjacent to an activating group) is 1. The Morgan fingerprint density at radius 1 is 1.14 bits per heavy atom. The van der Waals surface area contributed by atoms with E-state index in [0.29, 0.717) is 11.3 Å². The SMILES string of the molecule is COc1ccccc1[C@@H](O)[C@H](C)C(=O)N1C(=O)O[C@H](c2ccccc2)[C@H](C)N1C. The first-order chi connectivity index (χ1) is 13.9. The van der Waals surface area contributed by atoms with Crippen molar-refractivity contribution in [2.45, 2.75) is 32.1 Å². The molecule has 29 heavy (non-hydrogen) atoms. The van der Waals surface area contributed by atoms with Crippen molar-refractivity contribution in [3.05, 3.63) is 65.7 Å². The average Bonchev–Trinajstić information content (AvgIpc) is 2.75. The number of aliphatic hydroxyl groups is 1. The smallest absolute Gasteiger partial charge is 0.432 e. The Kier molecular flexibility index (Phi) is 6.20. The van der Waals surface area contributed by atoms with E-state index in [0.717, 1.165) is 10.6 Å². The summed E-state index contributed by atoms with van der Waals surface area (Å²) < 4.78 is 10.9. The van der Waals surface area contributed by atoms with Crippen molar-refractivity contribution in [2.75, 3.05) is 14.2 Å². The van der Waals surface area contributed by atoms with E-state index in [-0.39, 0.29) is 6.04 Å². The van der Waals surface area contributed by atoms with Crippen molar-refractivity contribution in [1.82, 2.24) is 10.0 Å². The molecule has 1 aliphatic heterocycles. The molecule has 0 bridgehead atoms. The molecule has 4 atom stereocenters. The summed E-state index contributed by atoms with van der Waals surface area (Å²) >= 11 is 0. The fourth-order valence-electron chi connectivity index (χ4n) is 3.51. The van der Waals surface area contributed by atoms with Crippen molar-refractivity contribution >= 4 is 12.0 Å². The number of amides is 2. The van der Waals surface area contributed by atoms with Crippen LogP contribution in [0.25, 0.3) is 0 Å². The van der Waals surface area contributed by atoms with Crippen molar-refractivity contribution in [3.63, 3.8) is 0 Å². The zero-order valence-electron chi connectivity index (χ0n) is 17.0. The highest BCUT2D eigenvalue weighted by molar-refractivity contribution is 5.93. The molecule has 1 heterocycles. The van der Waals surface area contributed by atoms with Crippen molar-refractivity contribution in [1.29, 1.82) is 0 Å². The van der Waals surface area contributed by atoms with Gasteiger partial charge in [0.2, 0.25) is 0 Å². The number of aliphatic hydroxyl groups excluding tert-OH is 1. The van der Waals surface area contributed by atoms with Gasteiger partial charge in [-0.1, -0.05) is 55.5 Å². The van der Waals surface area contributed by atoms with E-state index in [1.165, 1.54) is 7.11 Å². The molecule has 0 aliphatic carbocycles. The molecule has 1 N–H and O–H groups in total. The molecule has 1 fully saturated rings. The van der Waals surface area contributed by atoms with Gasteiger partial charge in [0.05, 0.1) is 25.2 Å². The number of hydrazine groups is 1. The Labute approximate surface area is 170 Å². The molecular formula is C22H26N2O5. The minimum absolute atomic E-state index is 0.269. The Hall–Kier alpha value is -2.90. The predicted octanol–water partition coefficient (Wildman–Crippen LogP) is 3.32. The van der Waals surface area contributed by atoms with E-state index in [9.17, 15) is 14.7 Å². The van der Waals surface area contributed by atoms with Crippen molar-refractivity contribution in [3.8, 4) is 5.75 Å². The highest BCUT2D eigenvalue weighted by atomic mass is 16.6. The van der Waals surface area contributed by atoms with Gasteiger partial charge in [0.25, 0.3) is 5.91 Å². The maximum Gasteiger partial charge on any atom is 0.432 e. The van der Waals surface area contributed by atoms with Crippen LogP contribution in [-0.4, -0.2) is 47.3 Å². The summed E-state index contributed by atoms with van der Waals surface area (Å²) in [6.45, 7) is 3.46. The topological polar surface area (TPSA) is 79.3 Å². The third-order valence-corrected chi connectivity index (χ3v) is 5.40. The summed E-state index contributed by atoms with van der Waals surface area (Å²) in [5, 5.41) is 13.3. The van der Waals surface area contributed by atoms with Crippen molar-refractivity contribution in [2.24, 2.45) is 5.92 Å². The number of rotatable bonds is 5. The fraction of sp³-hybridized carbons (Fsp3) is 0.364. The molecule has 3 rings (SSSR count). The van der Waals surface area contributed by atoms with Crippen LogP contribution in [0.4, 0.5) is 4.79 Å². The van der Waals surface area contributed by atoms with Gasteiger partial charge in [-0.05, 0) is 18.6 Å². The summed E-state index contributed by atoms with van der Waals surface area (Å²) in [7, 11) is 3.17. The summed E-state index contributed by atoms with van der Waals surface area (Å²) in [5.41, 5.74) is 1.34. The molecule has 1 saturated heterocycles. The first-order valence-corrected chi connectivity index (χ1v) is 9.50. The lowest BCUT2D eigenvalue weighted by molar-refractivity contribution is -0.169. The largest absolute Gasteiger partial charge is 0.496 e. The van der Waals surface area contributed by atoms with Gasteiger partial charge in [-0.15, -0.1) is 0 Å². The van der Waals surface area contributed by atoms with E-state index in [2.05, 4.69) is 0 Å². The number of cyclic esters (lactones) is 1. The van der Waals surface area contributed by atoms with Crippen LogP contribution < -0.4 is 4.74 Å². The molecule has 2 amide bonds. The van der Waals surface area contributed by atoms with Crippen LogP contribution in [0, 0.1) is 5.92 Å². The lowest BCUT2D eigenvalue weighted by Gasteiger charge is -2.43. The monoisotopic (exact) mass is 398 g/mol. The average molecular weight is 398 g/mol. The third kappa shape index (κ3) is 3.97. The molecule has 0 saturated carbocycles. The Morgan fingerprint density at radius 2 is 1.76 bits per heavy atom. The zero-order chi connectivity index (χ0) is 21.1. The predicted molar refractivity (Wildman–Crippen MR) is 107 cm³/mol. The lowest BCUT2D eigenvalue weighted by Crippen LogP contribution is -2.59. The molecule has 7 nitrogen and oxygen atoms in total. The van der Waals surface area contributed by atoms with Crippen LogP contribution in [-0.2, 0) is 9.53 Å². The van der Waals surface area contributed by atoms with Gasteiger partial charge in [-0.3, -0.25) is 4.79 Å². The summed E-state index contributed by atoms with van der Waals surface area (Å²) in [5.74, 6) is -0.956. The molecule has 2 aromatic carbocycles. The summed E-state index contributed by atoms with van der Waals surface area (Å²) in [6.07, 6.45) is -2.39. The molecule has 0 unspecified atom stereocenters. The van der Waals surface area contributed by atoms with E-state index in [1.807, 2.05) is 37.3 Å². The number of hydrogen-bond donors (Lipinski definition) is 1. The Morgan fingerprint density at radius 3 is 2.41 bits per heavy atom. The van der Waals surface area contributed by atoms with Crippen LogP contribution in [0.5, 0.6) is 5.75 Å². The number of nitrogens with zero attached hydrogens (tertiary/aromatic N) is 2. The second-order valence-corrected chi connectivity index (χ2v) is 7.15. The molecule has 0 aromatic heterocycles. The molecule has 2 aromatic rings. The van der Waals surface area contributed by atoms with Crippen molar-refractivity contribution < 1.29 is 24.2 Å². The van der Waals surface area contributed by atoms with Gasteiger partial charge in [0.15, 0.2) is 0 Å². The number of methoxy groups -OCH3 is 1. The molecule has 0 radical (unpaired) electrons. The Bertz CT molecular complexity index is 873. The van der Waals surface area contributed by atoms with Crippen LogP contribution in [0.1, 0.15) is 37.2 Å². The second kappa shape index (κ2) is 8.63. The number of para-hydroxylation sites is 1. The standard InChI is InChI=1S/C22H26N2O5/c1-14(19(25)17-12-8-9-13-18(17)28-4)21(26)24-22(27)29-20(15(2)23(24)3)16-10-6-5-7-11-16/h5-15,19-20,25H,1-4H3/t14-,15-,19-,20-/m0/s1. The van der Waals surface area contributed by atoms with Gasteiger partial charge >= 0.3 is 6.09 Å². The van der Waals surface area contributed by atoms with Gasteiger partial charge in [0, 0.05) is 12.6 Å². The van der Waals surface area contributed by atoms with Gasteiger partial charge < -0.3 is 14.6 Å². The first-order valence-electron chi connectivity index (χ1n) is 9.50. The van der Waals surface area contributed by atoms with E-state index < -0.39 is 30.1 Å². The highest BCUT2D eigenvalue weighted by Gasteiger charge is 2.44. The summed E-state index contributed by atoms with van der Waals surface area (Å²) in [6, 6.07) is 16.1. The molecule has 154 valence electrons. The molecule has 7 heteroatoms. The van der Waals surface area contributed by atoms with Gasteiger partial charge in [-0.2, -0.15) is 5.01 Å².